The number of ether oxygens (including phenoxy) is 1. The molecule has 2 N–H and O–H groups in total. The van der Waals surface area contributed by atoms with Crippen LogP contribution in [0.1, 0.15) is 15.9 Å². The lowest BCUT2D eigenvalue weighted by molar-refractivity contribution is 0.0693. The minimum atomic E-state index is -1.21. The van der Waals surface area contributed by atoms with Crippen molar-refractivity contribution in [3.8, 4) is 11.5 Å². The van der Waals surface area contributed by atoms with Crippen LogP contribution < -0.4 is 4.74 Å². The summed E-state index contributed by atoms with van der Waals surface area (Å²) in [5, 5.41) is 18.6. The zero-order valence-corrected chi connectivity index (χ0v) is 11.4. The van der Waals surface area contributed by atoms with Crippen molar-refractivity contribution in [3.63, 3.8) is 0 Å². The Kier molecular flexibility index (Phi) is 4.06. The summed E-state index contributed by atoms with van der Waals surface area (Å²) in [5.41, 5.74) is 0.779. The summed E-state index contributed by atoms with van der Waals surface area (Å²) >= 11 is 3.10. The highest BCUT2D eigenvalue weighted by molar-refractivity contribution is 9.10. The van der Waals surface area contributed by atoms with E-state index in [2.05, 4.69) is 15.9 Å². The van der Waals surface area contributed by atoms with E-state index in [9.17, 15) is 9.90 Å². The van der Waals surface area contributed by atoms with Crippen LogP contribution in [-0.2, 0) is 6.61 Å². The first-order valence-corrected chi connectivity index (χ1v) is 6.30. The van der Waals surface area contributed by atoms with Crippen molar-refractivity contribution in [2.24, 2.45) is 0 Å². The smallest absolute Gasteiger partial charge is 0.339 e. The van der Waals surface area contributed by atoms with Gasteiger partial charge in [-0.15, -0.1) is 0 Å². The number of aromatic carboxylic acids is 1. The second-order valence-electron chi connectivity index (χ2n) is 3.88. The van der Waals surface area contributed by atoms with Crippen molar-refractivity contribution in [2.75, 3.05) is 0 Å². The molecular formula is C14H11BrO4. The molecule has 0 aliphatic heterocycles. The Labute approximate surface area is 118 Å². The van der Waals surface area contributed by atoms with E-state index >= 15 is 0 Å². The summed E-state index contributed by atoms with van der Waals surface area (Å²) in [5.74, 6) is -1.13. The number of phenols is 1. The molecule has 0 bridgehead atoms. The molecule has 0 atom stereocenters. The molecule has 0 aromatic heterocycles. The maximum absolute atomic E-state index is 11.0. The Morgan fingerprint density at radius 2 is 1.89 bits per heavy atom. The molecule has 0 saturated heterocycles. The molecule has 0 unspecified atom stereocenters. The Morgan fingerprint density at radius 3 is 2.53 bits per heavy atom. The average molecular weight is 323 g/mol. The van der Waals surface area contributed by atoms with Crippen LogP contribution in [0, 0.1) is 0 Å². The summed E-state index contributed by atoms with van der Waals surface area (Å²) in [6.45, 7) is 0.330. The van der Waals surface area contributed by atoms with E-state index in [0.29, 0.717) is 12.4 Å². The summed E-state index contributed by atoms with van der Waals surface area (Å²) in [6.07, 6.45) is 0. The Morgan fingerprint density at radius 1 is 1.21 bits per heavy atom. The van der Waals surface area contributed by atoms with Crippen LogP contribution >= 0.6 is 15.9 Å². The van der Waals surface area contributed by atoms with Crippen molar-refractivity contribution in [2.45, 2.75) is 6.61 Å². The van der Waals surface area contributed by atoms with E-state index in [-0.39, 0.29) is 15.8 Å². The lowest BCUT2D eigenvalue weighted by atomic mass is 10.2. The Balaban J connectivity index is 2.19. The summed E-state index contributed by atoms with van der Waals surface area (Å²) < 4.78 is 5.80. The van der Waals surface area contributed by atoms with Crippen LogP contribution in [0.15, 0.2) is 46.9 Å². The molecule has 2 aromatic rings. The number of hydrogen-bond donors (Lipinski definition) is 2. The van der Waals surface area contributed by atoms with E-state index in [0.717, 1.165) is 5.56 Å². The van der Waals surface area contributed by atoms with Crippen molar-refractivity contribution >= 4 is 21.9 Å². The molecule has 0 radical (unpaired) electrons. The largest absolute Gasteiger partial charge is 0.506 e. The molecule has 98 valence electrons. The number of hydrogen-bond acceptors (Lipinski definition) is 3. The third kappa shape index (κ3) is 3.26. The fourth-order valence-corrected chi connectivity index (χ4v) is 2.00. The van der Waals surface area contributed by atoms with E-state index < -0.39 is 5.97 Å². The van der Waals surface area contributed by atoms with Crippen LogP contribution in [-0.4, -0.2) is 16.2 Å². The van der Waals surface area contributed by atoms with Gasteiger partial charge < -0.3 is 14.9 Å². The maximum atomic E-state index is 11.0. The molecule has 2 aromatic carbocycles. The lowest BCUT2D eigenvalue weighted by Crippen LogP contribution is -2.00. The topological polar surface area (TPSA) is 66.8 Å². The fourth-order valence-electron chi connectivity index (χ4n) is 1.56. The van der Waals surface area contributed by atoms with Crippen molar-refractivity contribution in [1.29, 1.82) is 0 Å². The average Bonchev–Trinajstić information content (AvgIpc) is 2.41. The Bertz CT molecular complexity index is 596. The van der Waals surface area contributed by atoms with Crippen LogP contribution in [0.25, 0.3) is 0 Å². The molecule has 0 aliphatic rings. The van der Waals surface area contributed by atoms with Crippen molar-refractivity contribution in [1.82, 2.24) is 0 Å². The summed E-state index contributed by atoms with van der Waals surface area (Å²) in [6, 6.07) is 12.3. The number of halogens is 1. The van der Waals surface area contributed by atoms with Crippen LogP contribution in [0.4, 0.5) is 0 Å². The first-order chi connectivity index (χ1) is 9.08. The standard InChI is InChI=1S/C14H11BrO4/c15-12-7-10(6-11(13(12)16)14(17)18)19-8-9-4-2-1-3-5-9/h1-7,16H,8H2,(H,17,18). The number of rotatable bonds is 4. The van der Waals surface area contributed by atoms with Gasteiger partial charge in [0, 0.05) is 0 Å². The van der Waals surface area contributed by atoms with E-state index in [1.807, 2.05) is 30.3 Å². The molecule has 0 saturated carbocycles. The number of carboxylic acids is 1. The molecular weight excluding hydrogens is 312 g/mol. The van der Waals surface area contributed by atoms with Crippen LogP contribution in [0.3, 0.4) is 0 Å². The normalized spacial score (nSPS) is 10.2. The van der Waals surface area contributed by atoms with Gasteiger partial charge in [-0.05, 0) is 33.6 Å². The van der Waals surface area contributed by atoms with Gasteiger partial charge in [0.15, 0.2) is 0 Å². The Hall–Kier alpha value is -2.01. The van der Waals surface area contributed by atoms with Gasteiger partial charge in [-0.2, -0.15) is 0 Å². The van der Waals surface area contributed by atoms with E-state index in [4.69, 9.17) is 9.84 Å². The van der Waals surface area contributed by atoms with Crippen LogP contribution in [0.2, 0.25) is 0 Å². The quantitative estimate of drug-likeness (QED) is 0.905. The lowest BCUT2D eigenvalue weighted by Gasteiger charge is -2.09. The second kappa shape index (κ2) is 5.75. The third-order valence-corrected chi connectivity index (χ3v) is 3.12. The molecule has 0 amide bonds. The van der Waals surface area contributed by atoms with Gasteiger partial charge in [0.25, 0.3) is 0 Å². The highest BCUT2D eigenvalue weighted by Crippen LogP contribution is 2.32. The molecule has 0 aliphatic carbocycles. The highest BCUT2D eigenvalue weighted by atomic mass is 79.9. The first-order valence-electron chi connectivity index (χ1n) is 5.50. The van der Waals surface area contributed by atoms with Crippen LogP contribution in [0.5, 0.6) is 11.5 Å². The summed E-state index contributed by atoms with van der Waals surface area (Å²) in [4.78, 5) is 11.0. The molecule has 0 heterocycles. The second-order valence-corrected chi connectivity index (χ2v) is 4.74. The zero-order chi connectivity index (χ0) is 13.8. The molecule has 2 rings (SSSR count). The van der Waals surface area contributed by atoms with E-state index in [1.165, 1.54) is 12.1 Å². The SMILES string of the molecule is O=C(O)c1cc(OCc2ccccc2)cc(Br)c1O. The van der Waals surface area contributed by atoms with Crippen molar-refractivity contribution in [3.05, 3.63) is 58.1 Å². The van der Waals surface area contributed by atoms with Gasteiger partial charge in [0.1, 0.15) is 23.7 Å². The monoisotopic (exact) mass is 322 g/mol. The first kappa shape index (κ1) is 13.4. The van der Waals surface area contributed by atoms with E-state index in [1.54, 1.807) is 0 Å². The predicted molar refractivity (Wildman–Crippen MR) is 73.5 cm³/mol. The van der Waals surface area contributed by atoms with Crippen molar-refractivity contribution < 1.29 is 19.7 Å². The van der Waals surface area contributed by atoms with Gasteiger partial charge >= 0.3 is 5.97 Å². The predicted octanol–water partition coefficient (Wildman–Crippen LogP) is 3.43. The molecule has 5 heteroatoms. The number of aromatic hydroxyl groups is 1. The maximum Gasteiger partial charge on any atom is 0.339 e. The molecule has 4 nitrogen and oxygen atoms in total. The number of benzene rings is 2. The fraction of sp³-hybridized carbons (Fsp3) is 0.0714. The zero-order valence-electron chi connectivity index (χ0n) is 9.84. The van der Waals surface area contributed by atoms with Gasteiger partial charge in [-0.25, -0.2) is 4.79 Å². The van der Waals surface area contributed by atoms with Gasteiger partial charge in [0.05, 0.1) is 4.47 Å². The third-order valence-electron chi connectivity index (χ3n) is 2.52. The summed E-state index contributed by atoms with van der Waals surface area (Å²) in [7, 11) is 0. The molecule has 19 heavy (non-hydrogen) atoms. The minimum absolute atomic E-state index is 0.197. The molecule has 0 spiro atoms. The number of carboxylic acid groups (broad SMARTS) is 1. The van der Waals surface area contributed by atoms with Gasteiger partial charge in [-0.1, -0.05) is 30.3 Å². The van der Waals surface area contributed by atoms with Gasteiger partial charge in [0.2, 0.25) is 0 Å². The van der Waals surface area contributed by atoms with Gasteiger partial charge in [-0.3, -0.25) is 0 Å². The highest BCUT2D eigenvalue weighted by Gasteiger charge is 2.14. The molecule has 0 fully saturated rings. The number of carbonyl (C=O) groups is 1. The minimum Gasteiger partial charge on any atom is -0.506 e.